The van der Waals surface area contributed by atoms with E-state index in [0.29, 0.717) is 11.6 Å². The van der Waals surface area contributed by atoms with Gasteiger partial charge in [-0.2, -0.15) is 0 Å². The summed E-state index contributed by atoms with van der Waals surface area (Å²) >= 11 is 0. The zero-order valence-corrected chi connectivity index (χ0v) is 8.49. The van der Waals surface area contributed by atoms with E-state index in [0.717, 1.165) is 12.8 Å². The van der Waals surface area contributed by atoms with Crippen LogP contribution in [-0.2, 0) is 4.79 Å². The summed E-state index contributed by atoms with van der Waals surface area (Å²) in [6, 6.07) is 3.46. The van der Waals surface area contributed by atoms with Gasteiger partial charge in [-0.25, -0.2) is 4.98 Å². The van der Waals surface area contributed by atoms with Crippen LogP contribution >= 0.6 is 0 Å². The standard InChI is InChI=1S/C10H13N3O2/c1-15-8-7(3-2-6-12-8)13-9(14)10(11)4-5-10/h2-3,6H,4-5,11H2,1H3,(H,13,14). The summed E-state index contributed by atoms with van der Waals surface area (Å²) in [4.78, 5) is 15.6. The number of pyridine rings is 1. The highest BCUT2D eigenvalue weighted by atomic mass is 16.5. The molecule has 0 aliphatic heterocycles. The maximum atomic E-state index is 11.6. The summed E-state index contributed by atoms with van der Waals surface area (Å²) in [5.41, 5.74) is 5.63. The average molecular weight is 207 g/mol. The van der Waals surface area contributed by atoms with Crippen molar-refractivity contribution in [1.82, 2.24) is 4.98 Å². The van der Waals surface area contributed by atoms with Gasteiger partial charge in [0.15, 0.2) is 0 Å². The first-order valence-electron chi connectivity index (χ1n) is 4.75. The summed E-state index contributed by atoms with van der Waals surface area (Å²) in [5, 5.41) is 2.71. The lowest BCUT2D eigenvalue weighted by atomic mass is 10.2. The molecule has 80 valence electrons. The quantitative estimate of drug-likeness (QED) is 0.757. The van der Waals surface area contributed by atoms with E-state index in [2.05, 4.69) is 10.3 Å². The Kier molecular flexibility index (Phi) is 2.32. The second kappa shape index (κ2) is 3.51. The fourth-order valence-corrected chi connectivity index (χ4v) is 1.26. The first-order valence-corrected chi connectivity index (χ1v) is 4.75. The lowest BCUT2D eigenvalue weighted by Crippen LogP contribution is -2.37. The first-order chi connectivity index (χ1) is 7.15. The lowest BCUT2D eigenvalue weighted by molar-refractivity contribution is -0.118. The second-order valence-corrected chi connectivity index (χ2v) is 3.67. The molecule has 0 aromatic carbocycles. The van der Waals surface area contributed by atoms with Gasteiger partial charge >= 0.3 is 0 Å². The van der Waals surface area contributed by atoms with Gasteiger partial charge in [-0.05, 0) is 25.0 Å². The van der Waals surface area contributed by atoms with Crippen LogP contribution in [0.15, 0.2) is 18.3 Å². The Labute approximate surface area is 87.6 Å². The van der Waals surface area contributed by atoms with Crippen molar-refractivity contribution < 1.29 is 9.53 Å². The van der Waals surface area contributed by atoms with Crippen molar-refractivity contribution in [3.05, 3.63) is 18.3 Å². The van der Waals surface area contributed by atoms with Crippen molar-refractivity contribution in [2.75, 3.05) is 12.4 Å². The topological polar surface area (TPSA) is 77.2 Å². The fourth-order valence-electron chi connectivity index (χ4n) is 1.26. The third-order valence-electron chi connectivity index (χ3n) is 2.45. The molecular weight excluding hydrogens is 194 g/mol. The van der Waals surface area contributed by atoms with Crippen LogP contribution in [0.1, 0.15) is 12.8 Å². The average Bonchev–Trinajstić information content (AvgIpc) is 2.99. The molecule has 1 aliphatic rings. The number of ether oxygens (including phenoxy) is 1. The molecule has 1 aliphatic carbocycles. The molecule has 1 saturated carbocycles. The molecule has 1 fully saturated rings. The van der Waals surface area contributed by atoms with Gasteiger partial charge in [0, 0.05) is 6.20 Å². The number of nitrogens with two attached hydrogens (primary N) is 1. The Bertz CT molecular complexity index is 388. The number of hydrogen-bond donors (Lipinski definition) is 2. The number of carbonyl (C=O) groups excluding carboxylic acids is 1. The number of amides is 1. The third-order valence-corrected chi connectivity index (χ3v) is 2.45. The number of methoxy groups -OCH3 is 1. The Morgan fingerprint density at radius 1 is 1.67 bits per heavy atom. The number of aromatic nitrogens is 1. The molecule has 1 heterocycles. The molecule has 2 rings (SSSR count). The zero-order chi connectivity index (χ0) is 10.9. The van der Waals surface area contributed by atoms with E-state index < -0.39 is 5.54 Å². The van der Waals surface area contributed by atoms with Gasteiger partial charge < -0.3 is 15.8 Å². The van der Waals surface area contributed by atoms with E-state index in [1.165, 1.54) is 7.11 Å². The molecule has 0 saturated heterocycles. The van der Waals surface area contributed by atoms with Crippen LogP contribution in [0.5, 0.6) is 5.88 Å². The van der Waals surface area contributed by atoms with Crippen LogP contribution < -0.4 is 15.8 Å². The van der Waals surface area contributed by atoms with Crippen LogP contribution in [-0.4, -0.2) is 23.5 Å². The number of nitrogens with zero attached hydrogens (tertiary/aromatic N) is 1. The molecule has 0 radical (unpaired) electrons. The Balaban J connectivity index is 2.13. The summed E-state index contributed by atoms with van der Waals surface area (Å²) < 4.78 is 5.01. The van der Waals surface area contributed by atoms with Crippen LogP contribution in [0.3, 0.4) is 0 Å². The monoisotopic (exact) mass is 207 g/mol. The van der Waals surface area contributed by atoms with Crippen LogP contribution in [0.25, 0.3) is 0 Å². The van der Waals surface area contributed by atoms with Crippen LogP contribution in [0, 0.1) is 0 Å². The van der Waals surface area contributed by atoms with Gasteiger partial charge in [0.05, 0.1) is 12.6 Å². The number of anilines is 1. The summed E-state index contributed by atoms with van der Waals surface area (Å²) in [5.74, 6) is 0.226. The molecule has 0 spiro atoms. The van der Waals surface area contributed by atoms with Crippen molar-refractivity contribution >= 4 is 11.6 Å². The normalized spacial score (nSPS) is 16.9. The number of rotatable bonds is 3. The fraction of sp³-hybridized carbons (Fsp3) is 0.400. The predicted octanol–water partition coefficient (Wildman–Crippen LogP) is 0.520. The molecule has 5 nitrogen and oxygen atoms in total. The maximum Gasteiger partial charge on any atom is 0.244 e. The maximum absolute atomic E-state index is 11.6. The van der Waals surface area contributed by atoms with Crippen molar-refractivity contribution in [1.29, 1.82) is 0 Å². The number of hydrogen-bond acceptors (Lipinski definition) is 4. The van der Waals surface area contributed by atoms with Gasteiger partial charge in [0.1, 0.15) is 5.69 Å². The van der Waals surface area contributed by atoms with Crippen molar-refractivity contribution in [2.24, 2.45) is 5.73 Å². The Morgan fingerprint density at radius 3 is 3.00 bits per heavy atom. The highest BCUT2D eigenvalue weighted by Gasteiger charge is 2.46. The highest BCUT2D eigenvalue weighted by molar-refractivity contribution is 6.00. The smallest absolute Gasteiger partial charge is 0.244 e. The minimum absolute atomic E-state index is 0.172. The minimum atomic E-state index is -0.680. The van der Waals surface area contributed by atoms with E-state index in [4.69, 9.17) is 10.5 Å². The summed E-state index contributed by atoms with van der Waals surface area (Å²) in [6.07, 6.45) is 3.08. The Hall–Kier alpha value is -1.62. The third kappa shape index (κ3) is 1.92. The molecule has 0 atom stereocenters. The van der Waals surface area contributed by atoms with Gasteiger partial charge in [-0.3, -0.25) is 4.79 Å². The van der Waals surface area contributed by atoms with Crippen molar-refractivity contribution in [2.45, 2.75) is 18.4 Å². The van der Waals surface area contributed by atoms with Crippen molar-refractivity contribution in [3.63, 3.8) is 0 Å². The van der Waals surface area contributed by atoms with E-state index >= 15 is 0 Å². The van der Waals surface area contributed by atoms with Crippen LogP contribution in [0.2, 0.25) is 0 Å². The molecule has 5 heteroatoms. The van der Waals surface area contributed by atoms with Gasteiger partial charge in [-0.1, -0.05) is 0 Å². The van der Waals surface area contributed by atoms with E-state index in [-0.39, 0.29) is 5.91 Å². The predicted molar refractivity (Wildman–Crippen MR) is 55.6 cm³/mol. The van der Waals surface area contributed by atoms with Gasteiger partial charge in [0.25, 0.3) is 0 Å². The molecule has 1 aromatic heterocycles. The molecular formula is C10H13N3O2. The van der Waals surface area contributed by atoms with Crippen molar-refractivity contribution in [3.8, 4) is 5.88 Å². The highest BCUT2D eigenvalue weighted by Crippen LogP contribution is 2.34. The van der Waals surface area contributed by atoms with Crippen LogP contribution in [0.4, 0.5) is 5.69 Å². The van der Waals surface area contributed by atoms with Gasteiger partial charge in [0.2, 0.25) is 11.8 Å². The second-order valence-electron chi connectivity index (χ2n) is 3.67. The molecule has 3 N–H and O–H groups in total. The van der Waals surface area contributed by atoms with E-state index in [1.807, 2.05) is 0 Å². The SMILES string of the molecule is COc1ncccc1NC(=O)C1(N)CC1. The molecule has 0 bridgehead atoms. The minimum Gasteiger partial charge on any atom is -0.480 e. The van der Waals surface area contributed by atoms with Gasteiger partial charge in [-0.15, -0.1) is 0 Å². The summed E-state index contributed by atoms with van der Waals surface area (Å²) in [7, 11) is 1.51. The lowest BCUT2D eigenvalue weighted by Gasteiger charge is -2.11. The zero-order valence-electron chi connectivity index (χ0n) is 8.49. The number of nitrogens with one attached hydrogen (secondary N) is 1. The first kappa shape index (κ1) is 9.92. The van der Waals surface area contributed by atoms with E-state index in [1.54, 1.807) is 18.3 Å². The molecule has 15 heavy (non-hydrogen) atoms. The molecule has 0 unspecified atom stereocenters. The number of carbonyl (C=O) groups is 1. The molecule has 1 aromatic rings. The molecule has 1 amide bonds. The largest absolute Gasteiger partial charge is 0.480 e. The Morgan fingerprint density at radius 2 is 2.40 bits per heavy atom. The summed E-state index contributed by atoms with van der Waals surface area (Å²) in [6.45, 7) is 0. The van der Waals surface area contributed by atoms with E-state index in [9.17, 15) is 4.79 Å².